The van der Waals surface area contributed by atoms with Crippen LogP contribution in [0.5, 0.6) is 5.75 Å². The fourth-order valence-corrected chi connectivity index (χ4v) is 4.98. The van der Waals surface area contributed by atoms with Crippen LogP contribution in [0, 0.1) is 12.7 Å². The Hall–Kier alpha value is -3.30. The normalized spacial score (nSPS) is 14.6. The number of para-hydroxylation sites is 1. The molecule has 1 N–H and O–H groups in total. The zero-order valence-corrected chi connectivity index (χ0v) is 26.1. The summed E-state index contributed by atoms with van der Waals surface area (Å²) in [5.41, 5.74) is 7.63. The van der Waals surface area contributed by atoms with E-state index in [2.05, 4.69) is 64.3 Å². The Bertz CT molecular complexity index is 1600. The molecule has 4 aromatic rings. The van der Waals surface area contributed by atoms with E-state index in [9.17, 15) is 5.11 Å². The Morgan fingerprint density at radius 2 is 1.60 bits per heavy atom. The molecule has 0 atom stereocenters. The average Bonchev–Trinajstić information content (AvgIpc) is 3.61. The van der Waals surface area contributed by atoms with Gasteiger partial charge in [0.1, 0.15) is 11.6 Å². The number of benzene rings is 3. The minimum absolute atomic E-state index is 0. The molecule has 210 valence electrons. The number of hydrogen-bond acceptors (Lipinski definition) is 4. The first kappa shape index (κ1) is 25.7. The zero-order valence-electron chi connectivity index (χ0n) is 26.8. The largest absolute Gasteiger partial charge is 2.00 e. The summed E-state index contributed by atoms with van der Waals surface area (Å²) in [6.07, 6.45) is 5.26. The number of aromatic nitrogens is 2. The van der Waals surface area contributed by atoms with Gasteiger partial charge in [0.05, 0.1) is 11.3 Å². The SMILES string of the molecule is [2H]C([2H])([2H])N1C=CN(c2[c-]c(-c3cn(-c4c(C(C)C)cc(C(C)C)cc4C(C)C)c(-c4ccccc4O)n3)ccc2)[CH-]1.[Pt+2]. The van der Waals surface area contributed by atoms with Crippen LogP contribution in [0.25, 0.3) is 28.3 Å². The molecule has 0 unspecified atom stereocenters. The first-order valence-electron chi connectivity index (χ1n) is 15.0. The van der Waals surface area contributed by atoms with Crippen molar-refractivity contribution in [2.45, 2.75) is 59.3 Å². The number of phenolic OH excluding ortho intramolecular Hbond substituents is 1. The predicted molar refractivity (Wildman–Crippen MR) is 161 cm³/mol. The summed E-state index contributed by atoms with van der Waals surface area (Å²) < 4.78 is 25.2. The van der Waals surface area contributed by atoms with Gasteiger partial charge in [0, 0.05) is 9.81 Å². The van der Waals surface area contributed by atoms with E-state index in [1.165, 1.54) is 34.5 Å². The number of aromatic hydroxyl groups is 1. The topological polar surface area (TPSA) is 44.5 Å². The van der Waals surface area contributed by atoms with Crippen LogP contribution in [0.4, 0.5) is 5.69 Å². The molecule has 0 spiro atoms. The molecular weight excluding hydrogens is 675 g/mol. The van der Waals surface area contributed by atoms with Crippen LogP contribution in [-0.2, 0) is 21.1 Å². The molecule has 0 saturated carbocycles. The minimum atomic E-state index is -2.26. The van der Waals surface area contributed by atoms with Gasteiger partial charge in [-0.2, -0.15) is 6.67 Å². The number of anilines is 1. The molecule has 5 rings (SSSR count). The van der Waals surface area contributed by atoms with E-state index >= 15 is 0 Å². The van der Waals surface area contributed by atoms with Crippen molar-refractivity contribution in [3.05, 3.63) is 103 Å². The smallest absolute Gasteiger partial charge is 0.510 e. The Balaban J connectivity index is 0.00000423. The molecule has 1 aromatic heterocycles. The van der Waals surface area contributed by atoms with Crippen molar-refractivity contribution in [2.75, 3.05) is 11.9 Å². The van der Waals surface area contributed by atoms with Gasteiger partial charge in [-0.15, -0.1) is 29.8 Å². The molecule has 1 aliphatic heterocycles. The van der Waals surface area contributed by atoms with Crippen LogP contribution >= 0.6 is 0 Å². The molecule has 0 amide bonds. The third-order valence-corrected chi connectivity index (χ3v) is 7.16. The standard InChI is InChI=1S/C34H38N4O.Pt/c1-22(2)26-18-29(23(3)4)33(30(19-26)24(5)6)38-20-31(35-34(38)28-13-8-9-14-32(28)39)25-11-10-12-27(17-25)37-16-15-36(7)21-37;/h8-16,18-24,39H,1-7H3;/q-2;+2/i7D3;. The van der Waals surface area contributed by atoms with E-state index in [1.807, 2.05) is 42.6 Å². The summed E-state index contributed by atoms with van der Waals surface area (Å²) in [7, 11) is 0. The Morgan fingerprint density at radius 1 is 0.900 bits per heavy atom. The van der Waals surface area contributed by atoms with Crippen molar-refractivity contribution in [1.82, 2.24) is 14.5 Å². The second-order valence-electron chi connectivity index (χ2n) is 11.0. The molecule has 1 aliphatic rings. The first-order valence-corrected chi connectivity index (χ1v) is 13.5. The summed E-state index contributed by atoms with van der Waals surface area (Å²) in [4.78, 5) is 8.02. The van der Waals surface area contributed by atoms with Gasteiger partial charge >= 0.3 is 21.1 Å². The van der Waals surface area contributed by atoms with E-state index in [4.69, 9.17) is 9.10 Å². The van der Waals surface area contributed by atoms with Crippen molar-refractivity contribution < 1.29 is 30.3 Å². The number of hydrogen-bond donors (Lipinski definition) is 1. The third kappa shape index (κ3) is 5.76. The average molecular weight is 717 g/mol. The summed E-state index contributed by atoms with van der Waals surface area (Å²) in [5, 5.41) is 10.9. The molecular formula is C34H38N4OPt. The summed E-state index contributed by atoms with van der Waals surface area (Å²) in [6, 6.07) is 21.1. The quantitative estimate of drug-likeness (QED) is 0.195. The van der Waals surface area contributed by atoms with Gasteiger partial charge in [-0.3, -0.25) is 4.98 Å². The summed E-state index contributed by atoms with van der Waals surface area (Å²) in [5.74, 6) is 1.70. The predicted octanol–water partition coefficient (Wildman–Crippen LogP) is 8.42. The van der Waals surface area contributed by atoms with Gasteiger partial charge in [-0.05, 0) is 72.1 Å². The maximum atomic E-state index is 10.9. The van der Waals surface area contributed by atoms with Crippen molar-refractivity contribution in [2.24, 2.45) is 0 Å². The molecule has 40 heavy (non-hydrogen) atoms. The summed E-state index contributed by atoms with van der Waals surface area (Å²) in [6.45, 7) is 12.6. The van der Waals surface area contributed by atoms with Gasteiger partial charge in [-0.1, -0.05) is 71.5 Å². The van der Waals surface area contributed by atoms with Gasteiger partial charge in [-0.25, -0.2) is 0 Å². The number of rotatable bonds is 7. The monoisotopic (exact) mass is 716 g/mol. The molecule has 6 heteroatoms. The molecule has 0 bridgehead atoms. The molecule has 0 fully saturated rings. The van der Waals surface area contributed by atoms with Gasteiger partial charge in [0.25, 0.3) is 0 Å². The van der Waals surface area contributed by atoms with Gasteiger partial charge in [0.2, 0.25) is 0 Å². The number of phenols is 1. The number of imidazole rings is 1. The third-order valence-electron chi connectivity index (χ3n) is 7.16. The summed E-state index contributed by atoms with van der Waals surface area (Å²) >= 11 is 0. The molecule has 0 radical (unpaired) electrons. The second-order valence-corrected chi connectivity index (χ2v) is 11.0. The number of nitrogens with zero attached hydrogens (tertiary/aromatic N) is 4. The van der Waals surface area contributed by atoms with Crippen LogP contribution in [-0.4, -0.2) is 26.5 Å². The molecule has 5 nitrogen and oxygen atoms in total. The van der Waals surface area contributed by atoms with E-state index in [0.717, 1.165) is 11.3 Å². The van der Waals surface area contributed by atoms with E-state index in [0.29, 0.717) is 28.7 Å². The Kier molecular flexibility index (Phi) is 7.73. The minimum Gasteiger partial charge on any atom is -0.510 e. The zero-order chi connectivity index (χ0) is 30.3. The van der Waals surface area contributed by atoms with Crippen molar-refractivity contribution >= 4 is 5.69 Å². The van der Waals surface area contributed by atoms with Crippen LogP contribution in [0.2, 0.25) is 0 Å². The van der Waals surface area contributed by atoms with Crippen LogP contribution in [0.3, 0.4) is 0 Å². The molecule has 0 aliphatic carbocycles. The van der Waals surface area contributed by atoms with E-state index < -0.39 is 6.98 Å². The Morgan fingerprint density at radius 3 is 2.20 bits per heavy atom. The molecule has 2 heterocycles. The van der Waals surface area contributed by atoms with E-state index in [-0.39, 0.29) is 38.7 Å². The van der Waals surface area contributed by atoms with Crippen LogP contribution < -0.4 is 4.90 Å². The first-order chi connectivity index (χ1) is 19.8. The fourth-order valence-electron chi connectivity index (χ4n) is 4.98. The maximum Gasteiger partial charge on any atom is 2.00 e. The van der Waals surface area contributed by atoms with Crippen LogP contribution in [0.15, 0.2) is 73.2 Å². The second kappa shape index (κ2) is 12.1. The van der Waals surface area contributed by atoms with Crippen LogP contribution in [0.1, 0.15) is 80.1 Å². The van der Waals surface area contributed by atoms with Gasteiger partial charge < -0.3 is 19.5 Å². The van der Waals surface area contributed by atoms with Crippen molar-refractivity contribution in [3.8, 4) is 34.1 Å². The van der Waals surface area contributed by atoms with Crippen molar-refractivity contribution in [3.63, 3.8) is 0 Å². The van der Waals surface area contributed by atoms with Gasteiger partial charge in [0.15, 0.2) is 0 Å². The van der Waals surface area contributed by atoms with Crippen molar-refractivity contribution in [1.29, 1.82) is 0 Å². The fraction of sp³-hybridized carbons (Fsp3) is 0.294. The molecule has 3 aromatic carbocycles. The maximum absolute atomic E-state index is 10.9. The Labute approximate surface area is 257 Å². The molecule has 0 saturated heterocycles. The van der Waals surface area contributed by atoms with E-state index in [1.54, 1.807) is 17.2 Å².